The fourth-order valence-corrected chi connectivity index (χ4v) is 3.59. The molecule has 150 valence electrons. The zero-order valence-electron chi connectivity index (χ0n) is 15.8. The Hall–Kier alpha value is -3.20. The number of rotatable bonds is 8. The molecule has 1 N–H and O–H groups in total. The number of fused-ring (bicyclic) bond motifs is 1. The van der Waals surface area contributed by atoms with Crippen molar-refractivity contribution in [1.29, 1.82) is 0 Å². The molecule has 0 aliphatic rings. The van der Waals surface area contributed by atoms with E-state index in [1.54, 1.807) is 22.8 Å². The van der Waals surface area contributed by atoms with E-state index in [4.69, 9.17) is 0 Å². The second kappa shape index (κ2) is 9.33. The number of nitrogens with one attached hydrogen (secondary N) is 1. The number of non-ortho nitro benzene ring substituents is 1. The zero-order chi connectivity index (χ0) is 20.8. The van der Waals surface area contributed by atoms with Crippen molar-refractivity contribution >= 4 is 39.9 Å². The van der Waals surface area contributed by atoms with Crippen LogP contribution in [0.3, 0.4) is 0 Å². The largest absolute Gasteiger partial charge is 0.325 e. The second-order valence-electron chi connectivity index (χ2n) is 6.36. The number of amides is 1. The van der Waals surface area contributed by atoms with Crippen LogP contribution in [0.25, 0.3) is 10.9 Å². The van der Waals surface area contributed by atoms with E-state index in [0.717, 1.165) is 12.8 Å². The normalized spacial score (nSPS) is 10.8. The smallest absolute Gasteiger partial charge is 0.269 e. The van der Waals surface area contributed by atoms with Crippen molar-refractivity contribution in [2.24, 2.45) is 0 Å². The first-order valence-electron chi connectivity index (χ1n) is 9.16. The van der Waals surface area contributed by atoms with Gasteiger partial charge < -0.3 is 5.32 Å². The number of nitro benzene ring substituents is 1. The van der Waals surface area contributed by atoms with Gasteiger partial charge in [-0.25, -0.2) is 4.98 Å². The minimum absolute atomic E-state index is 0.0438. The third-order valence-electron chi connectivity index (χ3n) is 4.26. The van der Waals surface area contributed by atoms with Crippen molar-refractivity contribution in [3.05, 3.63) is 69.0 Å². The van der Waals surface area contributed by atoms with Gasteiger partial charge in [0.2, 0.25) is 5.91 Å². The summed E-state index contributed by atoms with van der Waals surface area (Å²) >= 11 is 1.19. The number of hydrogen-bond acceptors (Lipinski definition) is 6. The molecule has 1 aromatic heterocycles. The molecule has 0 fully saturated rings. The minimum atomic E-state index is -0.498. The monoisotopic (exact) mass is 412 g/mol. The molecule has 2 aromatic carbocycles. The highest BCUT2D eigenvalue weighted by atomic mass is 32.2. The molecule has 29 heavy (non-hydrogen) atoms. The molecule has 0 unspecified atom stereocenters. The Balaban J connectivity index is 1.75. The van der Waals surface area contributed by atoms with Crippen LogP contribution >= 0.6 is 11.8 Å². The predicted octanol–water partition coefficient (Wildman–Crippen LogP) is 3.84. The number of carbonyl (C=O) groups excluding carboxylic acids is 1. The van der Waals surface area contributed by atoms with Crippen LogP contribution in [0.2, 0.25) is 0 Å². The van der Waals surface area contributed by atoms with E-state index < -0.39 is 4.92 Å². The number of thioether (sulfide) groups is 1. The molecular weight excluding hydrogens is 392 g/mol. The molecule has 9 heteroatoms. The molecule has 1 amide bonds. The highest BCUT2D eigenvalue weighted by Gasteiger charge is 2.13. The highest BCUT2D eigenvalue weighted by molar-refractivity contribution is 7.99. The third kappa shape index (κ3) is 5.00. The Morgan fingerprint density at radius 3 is 2.62 bits per heavy atom. The zero-order valence-corrected chi connectivity index (χ0v) is 16.6. The summed E-state index contributed by atoms with van der Waals surface area (Å²) in [4.78, 5) is 39.9. The topological polar surface area (TPSA) is 107 Å². The molecule has 0 spiro atoms. The average molecular weight is 412 g/mol. The van der Waals surface area contributed by atoms with Crippen molar-refractivity contribution in [3.8, 4) is 0 Å². The molecule has 3 rings (SSSR count). The maximum atomic E-state index is 12.8. The van der Waals surface area contributed by atoms with E-state index in [0.29, 0.717) is 28.3 Å². The van der Waals surface area contributed by atoms with Crippen LogP contribution in [0.4, 0.5) is 11.4 Å². The number of aromatic nitrogens is 2. The number of para-hydroxylation sites is 1. The maximum Gasteiger partial charge on any atom is 0.269 e. The van der Waals surface area contributed by atoms with Crippen molar-refractivity contribution in [3.63, 3.8) is 0 Å². The molecule has 3 aromatic rings. The average Bonchev–Trinajstić information content (AvgIpc) is 2.72. The lowest BCUT2D eigenvalue weighted by atomic mass is 10.2. The fraction of sp³-hybridized carbons (Fsp3) is 0.250. The SMILES string of the molecule is CCCCn1c(SCC(=O)Nc2ccc([N+](=O)[O-])cc2)nc2ccccc2c1=O. The van der Waals surface area contributed by atoms with Crippen LogP contribution in [0.5, 0.6) is 0 Å². The summed E-state index contributed by atoms with van der Waals surface area (Å²) in [6.45, 7) is 2.59. The number of anilines is 1. The van der Waals surface area contributed by atoms with E-state index in [1.807, 2.05) is 13.0 Å². The first-order valence-corrected chi connectivity index (χ1v) is 10.1. The molecule has 0 aliphatic heterocycles. The number of hydrogen-bond donors (Lipinski definition) is 1. The van der Waals surface area contributed by atoms with Crippen LogP contribution < -0.4 is 10.9 Å². The lowest BCUT2D eigenvalue weighted by Crippen LogP contribution is -2.24. The van der Waals surface area contributed by atoms with Gasteiger partial charge in [-0.1, -0.05) is 37.2 Å². The van der Waals surface area contributed by atoms with E-state index in [2.05, 4.69) is 10.3 Å². The van der Waals surface area contributed by atoms with Gasteiger partial charge in [-0.05, 0) is 30.7 Å². The second-order valence-corrected chi connectivity index (χ2v) is 7.31. The summed E-state index contributed by atoms with van der Waals surface area (Å²) in [6.07, 6.45) is 1.77. The highest BCUT2D eigenvalue weighted by Crippen LogP contribution is 2.20. The van der Waals surface area contributed by atoms with Gasteiger partial charge in [0.25, 0.3) is 11.2 Å². The maximum absolute atomic E-state index is 12.8. The summed E-state index contributed by atoms with van der Waals surface area (Å²) in [5.74, 6) is -0.221. The van der Waals surface area contributed by atoms with Crippen LogP contribution in [0, 0.1) is 10.1 Å². The molecule has 0 bridgehead atoms. The molecule has 0 saturated heterocycles. The Labute approximate surface area is 171 Å². The van der Waals surface area contributed by atoms with Gasteiger partial charge >= 0.3 is 0 Å². The van der Waals surface area contributed by atoms with Gasteiger partial charge in [0.1, 0.15) is 0 Å². The van der Waals surface area contributed by atoms with Crippen LogP contribution in [-0.4, -0.2) is 26.1 Å². The van der Waals surface area contributed by atoms with Crippen LogP contribution in [-0.2, 0) is 11.3 Å². The Kier molecular flexibility index (Phi) is 6.61. The standard InChI is InChI=1S/C20H20N4O4S/c1-2-3-12-23-19(26)16-6-4-5-7-17(16)22-20(23)29-13-18(25)21-14-8-10-15(11-9-14)24(27)28/h4-11H,2-3,12-13H2,1H3,(H,21,25). The Morgan fingerprint density at radius 1 is 1.21 bits per heavy atom. The van der Waals surface area contributed by atoms with Crippen molar-refractivity contribution in [2.45, 2.75) is 31.5 Å². The summed E-state index contributed by atoms with van der Waals surface area (Å²) in [5.41, 5.74) is 0.916. The van der Waals surface area contributed by atoms with Crippen molar-refractivity contribution in [2.75, 3.05) is 11.1 Å². The van der Waals surface area contributed by atoms with Gasteiger partial charge in [-0.15, -0.1) is 0 Å². The number of benzene rings is 2. The fourth-order valence-electron chi connectivity index (χ4n) is 2.76. The van der Waals surface area contributed by atoms with Gasteiger partial charge in [0, 0.05) is 24.4 Å². The summed E-state index contributed by atoms with van der Waals surface area (Å²) in [5, 5.41) is 14.5. The first kappa shape index (κ1) is 20.5. The molecule has 0 saturated carbocycles. The van der Waals surface area contributed by atoms with Gasteiger partial charge in [-0.3, -0.25) is 24.3 Å². The number of unbranched alkanes of at least 4 members (excludes halogenated alkanes) is 1. The van der Waals surface area contributed by atoms with E-state index >= 15 is 0 Å². The van der Waals surface area contributed by atoms with E-state index in [9.17, 15) is 19.7 Å². The molecule has 0 aliphatic carbocycles. The molecule has 8 nitrogen and oxygen atoms in total. The lowest BCUT2D eigenvalue weighted by molar-refractivity contribution is -0.384. The van der Waals surface area contributed by atoms with E-state index in [-0.39, 0.29) is 22.9 Å². The van der Waals surface area contributed by atoms with Crippen LogP contribution in [0.15, 0.2) is 58.5 Å². The first-order chi connectivity index (χ1) is 14.0. The molecule has 1 heterocycles. The number of nitrogens with zero attached hydrogens (tertiary/aromatic N) is 3. The number of nitro groups is 1. The lowest BCUT2D eigenvalue weighted by Gasteiger charge is -2.12. The Bertz CT molecular complexity index is 1100. The van der Waals surface area contributed by atoms with Crippen LogP contribution in [0.1, 0.15) is 19.8 Å². The van der Waals surface area contributed by atoms with E-state index in [1.165, 1.54) is 36.0 Å². The third-order valence-corrected chi connectivity index (χ3v) is 5.23. The van der Waals surface area contributed by atoms with Crippen molar-refractivity contribution in [1.82, 2.24) is 9.55 Å². The molecule has 0 radical (unpaired) electrons. The van der Waals surface area contributed by atoms with Gasteiger partial charge in [0.15, 0.2) is 5.16 Å². The quantitative estimate of drug-likeness (QED) is 0.261. The van der Waals surface area contributed by atoms with Gasteiger partial charge in [0.05, 0.1) is 21.6 Å². The molecule has 0 atom stereocenters. The van der Waals surface area contributed by atoms with Gasteiger partial charge in [-0.2, -0.15) is 0 Å². The Morgan fingerprint density at radius 2 is 1.93 bits per heavy atom. The predicted molar refractivity (Wildman–Crippen MR) is 113 cm³/mol. The summed E-state index contributed by atoms with van der Waals surface area (Å²) < 4.78 is 1.62. The van der Waals surface area contributed by atoms with Crippen molar-refractivity contribution < 1.29 is 9.72 Å². The number of carbonyl (C=O) groups is 1. The molecular formula is C20H20N4O4S. The minimum Gasteiger partial charge on any atom is -0.325 e. The summed E-state index contributed by atoms with van der Waals surface area (Å²) in [6, 6.07) is 12.8. The summed E-state index contributed by atoms with van der Waals surface area (Å²) in [7, 11) is 0.